The Labute approximate surface area is 110 Å². The number of carbonyl (C=O) groups excluding carboxylic acids is 1. The molecule has 0 radical (unpaired) electrons. The molecule has 3 nitrogen and oxygen atoms in total. The Hall–Kier alpha value is -1.68. The van der Waals surface area contributed by atoms with E-state index in [9.17, 15) is 9.90 Å². The second-order valence-electron chi connectivity index (χ2n) is 3.53. The first-order valence-electron chi connectivity index (χ1n) is 5.00. The highest BCUT2D eigenvalue weighted by molar-refractivity contribution is 8.93. The van der Waals surface area contributed by atoms with Crippen LogP contribution >= 0.6 is 17.0 Å². The quantitative estimate of drug-likeness (QED) is 0.792. The highest BCUT2D eigenvalue weighted by atomic mass is 79.9. The highest BCUT2D eigenvalue weighted by Crippen LogP contribution is 2.03. The average Bonchev–Trinajstić information content (AvgIpc) is 2.31. The molecule has 17 heavy (non-hydrogen) atoms. The van der Waals surface area contributed by atoms with Gasteiger partial charge in [0.1, 0.15) is 0 Å². The van der Waals surface area contributed by atoms with E-state index in [1.54, 1.807) is 24.3 Å². The largest absolute Gasteiger partial charge is 0.545 e. The van der Waals surface area contributed by atoms with Gasteiger partial charge in [0, 0.05) is 17.7 Å². The molecule has 0 aliphatic rings. The first-order chi connectivity index (χ1) is 7.75. The van der Waals surface area contributed by atoms with Crippen LogP contribution in [0.4, 0.5) is 0 Å². The number of halogens is 1. The molecule has 0 unspecified atom stereocenters. The van der Waals surface area contributed by atoms with Gasteiger partial charge in [0.2, 0.25) is 0 Å². The Bertz CT molecular complexity index is 483. The van der Waals surface area contributed by atoms with Gasteiger partial charge < -0.3 is 9.90 Å². The zero-order valence-electron chi connectivity index (χ0n) is 9.08. The molecule has 2 rings (SSSR count). The topological polar surface area (TPSA) is 44.0 Å². The van der Waals surface area contributed by atoms with E-state index in [2.05, 4.69) is 0 Å². The Morgan fingerprint density at radius 1 is 1.06 bits per heavy atom. The van der Waals surface area contributed by atoms with Gasteiger partial charge in [0.05, 0.1) is 5.97 Å². The molecule has 1 aromatic heterocycles. The molecule has 0 aliphatic heterocycles. The first kappa shape index (κ1) is 13.4. The van der Waals surface area contributed by atoms with Crippen molar-refractivity contribution in [2.75, 3.05) is 0 Å². The van der Waals surface area contributed by atoms with E-state index >= 15 is 0 Å². The predicted molar refractivity (Wildman–Crippen MR) is 66.8 cm³/mol. The number of aromatic carboxylic acids is 1. The third kappa shape index (κ3) is 3.67. The second-order valence-corrected chi connectivity index (χ2v) is 3.53. The van der Waals surface area contributed by atoms with Gasteiger partial charge >= 0.3 is 0 Å². The number of hydrogen-bond donors (Lipinski definition) is 0. The normalized spacial score (nSPS) is 9.41. The van der Waals surface area contributed by atoms with Crippen LogP contribution in [0.25, 0.3) is 0 Å². The van der Waals surface area contributed by atoms with E-state index in [0.29, 0.717) is 0 Å². The highest BCUT2D eigenvalue weighted by Gasteiger charge is 2.01. The van der Waals surface area contributed by atoms with Crippen LogP contribution in [-0.2, 0) is 6.54 Å². The molecule has 1 heterocycles. The summed E-state index contributed by atoms with van der Waals surface area (Å²) in [7, 11) is 0. The van der Waals surface area contributed by atoms with E-state index in [-0.39, 0.29) is 22.5 Å². The standard InChI is InChI=1S/C13H11NO2.BrH/c15-13(16)12-6-4-11(5-7-12)10-14-8-2-1-3-9-14;/h1-9H,10H2;1H. The minimum Gasteiger partial charge on any atom is -0.545 e. The maximum absolute atomic E-state index is 10.6. The molecule has 0 fully saturated rings. The fourth-order valence-electron chi connectivity index (χ4n) is 1.50. The number of benzene rings is 1. The number of aromatic nitrogens is 1. The molecule has 2 aromatic rings. The predicted octanol–water partition coefficient (Wildman–Crippen LogP) is 0.964. The van der Waals surface area contributed by atoms with Crippen LogP contribution in [-0.4, -0.2) is 5.97 Å². The molecule has 0 amide bonds. The Kier molecular flexibility index (Phi) is 4.84. The van der Waals surface area contributed by atoms with Crippen LogP contribution in [0.2, 0.25) is 0 Å². The molecule has 0 bridgehead atoms. The number of carboxylic acids is 1. The van der Waals surface area contributed by atoms with Gasteiger partial charge in [-0.2, -0.15) is 0 Å². The summed E-state index contributed by atoms with van der Waals surface area (Å²) < 4.78 is 2.02. The van der Waals surface area contributed by atoms with E-state index in [0.717, 1.165) is 12.1 Å². The second kappa shape index (κ2) is 6.15. The summed E-state index contributed by atoms with van der Waals surface area (Å²) in [4.78, 5) is 10.6. The van der Waals surface area contributed by atoms with Crippen molar-refractivity contribution >= 4 is 23.0 Å². The maximum atomic E-state index is 10.6. The zero-order valence-corrected chi connectivity index (χ0v) is 10.8. The van der Waals surface area contributed by atoms with E-state index in [4.69, 9.17) is 0 Å². The smallest absolute Gasteiger partial charge is 0.173 e. The van der Waals surface area contributed by atoms with Crippen molar-refractivity contribution in [3.8, 4) is 0 Å². The summed E-state index contributed by atoms with van der Waals surface area (Å²) in [6, 6.07) is 12.6. The minimum absolute atomic E-state index is 0. The number of rotatable bonds is 3. The summed E-state index contributed by atoms with van der Waals surface area (Å²) in [5, 5.41) is 10.6. The van der Waals surface area contributed by atoms with Crippen LogP contribution in [0.3, 0.4) is 0 Å². The summed E-state index contributed by atoms with van der Waals surface area (Å²) >= 11 is 0. The number of carboxylic acid groups (broad SMARTS) is 1. The Morgan fingerprint density at radius 2 is 1.65 bits per heavy atom. The Balaban J connectivity index is 0.00000144. The van der Waals surface area contributed by atoms with Crippen molar-refractivity contribution in [3.63, 3.8) is 0 Å². The lowest BCUT2D eigenvalue weighted by atomic mass is 10.1. The average molecular weight is 294 g/mol. The van der Waals surface area contributed by atoms with E-state index in [1.807, 2.05) is 35.2 Å². The Morgan fingerprint density at radius 3 is 2.18 bits per heavy atom. The molecule has 0 saturated heterocycles. The van der Waals surface area contributed by atoms with Crippen molar-refractivity contribution in [2.45, 2.75) is 6.54 Å². The van der Waals surface area contributed by atoms with Gasteiger partial charge in [0.25, 0.3) is 0 Å². The molecule has 0 spiro atoms. The molecular formula is C13H12BrNO2. The summed E-state index contributed by atoms with van der Waals surface area (Å²) in [5.74, 6) is -1.14. The lowest BCUT2D eigenvalue weighted by Crippen LogP contribution is -2.32. The fraction of sp³-hybridized carbons (Fsp3) is 0.0769. The van der Waals surface area contributed by atoms with Gasteiger partial charge in [-0.3, -0.25) is 0 Å². The van der Waals surface area contributed by atoms with Crippen molar-refractivity contribution in [1.29, 1.82) is 0 Å². The SMILES string of the molecule is Br.O=C([O-])c1ccc(C[n+]2ccccc2)cc1. The van der Waals surface area contributed by atoms with Crippen LogP contribution in [0.15, 0.2) is 54.9 Å². The molecule has 4 heteroatoms. The van der Waals surface area contributed by atoms with E-state index < -0.39 is 5.97 Å². The zero-order chi connectivity index (χ0) is 11.4. The van der Waals surface area contributed by atoms with Gasteiger partial charge in [-0.15, -0.1) is 17.0 Å². The molecular weight excluding hydrogens is 282 g/mol. The van der Waals surface area contributed by atoms with Gasteiger partial charge in [0.15, 0.2) is 18.9 Å². The number of carbonyl (C=O) groups is 1. The van der Waals surface area contributed by atoms with Crippen LogP contribution in [0, 0.1) is 0 Å². The fourth-order valence-corrected chi connectivity index (χ4v) is 1.50. The van der Waals surface area contributed by atoms with Crippen molar-refractivity contribution < 1.29 is 14.5 Å². The summed E-state index contributed by atoms with van der Waals surface area (Å²) in [6.07, 6.45) is 3.93. The lowest BCUT2D eigenvalue weighted by Gasteiger charge is -2.02. The number of pyridine rings is 1. The van der Waals surface area contributed by atoms with Crippen LogP contribution in [0.5, 0.6) is 0 Å². The summed E-state index contributed by atoms with van der Waals surface area (Å²) in [5.41, 5.74) is 1.27. The van der Waals surface area contributed by atoms with Crippen LogP contribution < -0.4 is 9.67 Å². The minimum atomic E-state index is -1.14. The molecule has 0 atom stereocenters. The number of nitrogens with zero attached hydrogens (tertiary/aromatic N) is 1. The monoisotopic (exact) mass is 293 g/mol. The molecule has 0 saturated carbocycles. The lowest BCUT2D eigenvalue weighted by molar-refractivity contribution is -0.688. The van der Waals surface area contributed by atoms with Crippen molar-refractivity contribution in [3.05, 3.63) is 66.0 Å². The maximum Gasteiger partial charge on any atom is 0.173 e. The van der Waals surface area contributed by atoms with Crippen molar-refractivity contribution in [2.24, 2.45) is 0 Å². The molecule has 0 N–H and O–H groups in total. The molecule has 88 valence electrons. The molecule has 0 aliphatic carbocycles. The third-order valence-corrected chi connectivity index (χ3v) is 2.33. The van der Waals surface area contributed by atoms with Gasteiger partial charge in [-0.1, -0.05) is 30.3 Å². The number of hydrogen-bond acceptors (Lipinski definition) is 2. The third-order valence-electron chi connectivity index (χ3n) is 2.33. The summed E-state index contributed by atoms with van der Waals surface area (Å²) in [6.45, 7) is 0.730. The van der Waals surface area contributed by atoms with Gasteiger partial charge in [-0.05, 0) is 5.56 Å². The van der Waals surface area contributed by atoms with Gasteiger partial charge in [-0.25, -0.2) is 4.57 Å². The first-order valence-corrected chi connectivity index (χ1v) is 5.00. The van der Waals surface area contributed by atoms with Crippen LogP contribution in [0.1, 0.15) is 15.9 Å². The molecule has 1 aromatic carbocycles. The van der Waals surface area contributed by atoms with Crippen molar-refractivity contribution in [1.82, 2.24) is 0 Å². The van der Waals surface area contributed by atoms with E-state index in [1.165, 1.54) is 0 Å².